The van der Waals surface area contributed by atoms with Crippen LogP contribution in [-0.4, -0.2) is 40.3 Å². The van der Waals surface area contributed by atoms with Gasteiger partial charge in [-0.2, -0.15) is 5.10 Å². The maximum Gasteiger partial charge on any atom is 0.272 e. The van der Waals surface area contributed by atoms with E-state index in [1.54, 1.807) is 0 Å². The number of ether oxygens (including phenoxy) is 1. The molecule has 6 nitrogen and oxygen atoms in total. The third-order valence-corrected chi connectivity index (χ3v) is 6.01. The number of benzene rings is 1. The first kappa shape index (κ1) is 17.4. The van der Waals surface area contributed by atoms with Crippen LogP contribution in [0.1, 0.15) is 40.2 Å². The van der Waals surface area contributed by atoms with Gasteiger partial charge in [-0.05, 0) is 49.8 Å². The number of hydrogen-bond acceptors (Lipinski definition) is 4. The van der Waals surface area contributed by atoms with Gasteiger partial charge in [0.25, 0.3) is 5.91 Å². The molecule has 2 unspecified atom stereocenters. The minimum atomic E-state index is -0.0838. The maximum atomic E-state index is 12.9. The van der Waals surface area contributed by atoms with Gasteiger partial charge in [-0.1, -0.05) is 18.2 Å². The van der Waals surface area contributed by atoms with Gasteiger partial charge in [-0.25, -0.2) is 0 Å². The zero-order valence-corrected chi connectivity index (χ0v) is 15.8. The van der Waals surface area contributed by atoms with Gasteiger partial charge in [-0.3, -0.25) is 14.9 Å². The SMILES string of the molecule is O=C(NC1COCC1Cc1ccnc2ccccc12)c1n[nH]c2c1CCCC2. The number of para-hydroxylation sites is 1. The molecule has 3 aromatic rings. The van der Waals surface area contributed by atoms with E-state index in [4.69, 9.17) is 4.74 Å². The highest BCUT2D eigenvalue weighted by atomic mass is 16.5. The number of amides is 1. The number of fused-ring (bicyclic) bond motifs is 2. The number of aromatic amines is 1. The van der Waals surface area contributed by atoms with Crippen LogP contribution in [0, 0.1) is 5.92 Å². The number of hydrogen-bond donors (Lipinski definition) is 2. The van der Waals surface area contributed by atoms with Crippen LogP contribution in [0.15, 0.2) is 36.5 Å². The Bertz CT molecular complexity index is 1010. The van der Waals surface area contributed by atoms with Crippen molar-refractivity contribution in [2.75, 3.05) is 13.2 Å². The molecule has 0 radical (unpaired) electrons. The number of aryl methyl sites for hydroxylation is 1. The highest BCUT2D eigenvalue weighted by Crippen LogP contribution is 2.25. The van der Waals surface area contributed by atoms with E-state index in [2.05, 4.69) is 32.6 Å². The molecule has 6 heteroatoms. The third kappa shape index (κ3) is 3.18. The van der Waals surface area contributed by atoms with Crippen LogP contribution in [0.3, 0.4) is 0 Å². The highest BCUT2D eigenvalue weighted by molar-refractivity contribution is 5.94. The van der Waals surface area contributed by atoms with Gasteiger partial charge in [0.2, 0.25) is 0 Å². The number of H-pyrrole nitrogens is 1. The monoisotopic (exact) mass is 376 g/mol. The first-order valence-electron chi connectivity index (χ1n) is 10.1. The number of rotatable bonds is 4. The summed E-state index contributed by atoms with van der Waals surface area (Å²) in [6, 6.07) is 10.3. The predicted molar refractivity (Wildman–Crippen MR) is 106 cm³/mol. The van der Waals surface area contributed by atoms with Gasteiger partial charge in [0, 0.05) is 28.8 Å². The highest BCUT2D eigenvalue weighted by Gasteiger charge is 2.32. The lowest BCUT2D eigenvalue weighted by atomic mass is 9.92. The van der Waals surface area contributed by atoms with Crippen molar-refractivity contribution in [2.24, 2.45) is 5.92 Å². The van der Waals surface area contributed by atoms with E-state index in [0.717, 1.165) is 48.9 Å². The van der Waals surface area contributed by atoms with Gasteiger partial charge >= 0.3 is 0 Å². The summed E-state index contributed by atoms with van der Waals surface area (Å²) in [6.45, 7) is 1.20. The molecule has 1 aromatic carbocycles. The standard InChI is InChI=1S/C22H24N4O2/c27-22(21-17-6-2-4-8-19(17)25-26-21)24-20-13-28-12-15(20)11-14-9-10-23-18-7-3-1-5-16(14)18/h1,3,5,7,9-10,15,20H,2,4,6,8,11-13H2,(H,24,27)(H,25,26). The minimum Gasteiger partial charge on any atom is -0.379 e. The van der Waals surface area contributed by atoms with Crippen LogP contribution < -0.4 is 5.32 Å². The summed E-state index contributed by atoms with van der Waals surface area (Å²) in [7, 11) is 0. The molecule has 1 amide bonds. The van der Waals surface area contributed by atoms with E-state index in [1.807, 2.05) is 24.4 Å². The molecule has 2 N–H and O–H groups in total. The van der Waals surface area contributed by atoms with Crippen molar-refractivity contribution in [1.29, 1.82) is 0 Å². The van der Waals surface area contributed by atoms with Crippen molar-refractivity contribution >= 4 is 16.8 Å². The van der Waals surface area contributed by atoms with Crippen LogP contribution in [0.25, 0.3) is 10.9 Å². The lowest BCUT2D eigenvalue weighted by molar-refractivity contribution is 0.0919. The Morgan fingerprint density at radius 3 is 3.04 bits per heavy atom. The number of nitrogens with zero attached hydrogens (tertiary/aromatic N) is 2. The second-order valence-corrected chi connectivity index (χ2v) is 7.81. The van der Waals surface area contributed by atoms with Crippen molar-refractivity contribution in [2.45, 2.75) is 38.1 Å². The molecule has 2 aliphatic rings. The molecule has 3 heterocycles. The molecule has 144 valence electrons. The summed E-state index contributed by atoms with van der Waals surface area (Å²) in [6.07, 6.45) is 6.91. The second-order valence-electron chi connectivity index (χ2n) is 7.81. The van der Waals surface area contributed by atoms with Crippen LogP contribution >= 0.6 is 0 Å². The molecule has 0 saturated carbocycles. The molecule has 28 heavy (non-hydrogen) atoms. The average molecular weight is 376 g/mol. The Labute approximate surface area is 163 Å². The lowest BCUT2D eigenvalue weighted by Gasteiger charge is -2.20. The smallest absolute Gasteiger partial charge is 0.272 e. The molecule has 0 bridgehead atoms. The van der Waals surface area contributed by atoms with E-state index in [1.165, 1.54) is 10.9 Å². The molecular formula is C22H24N4O2. The fourth-order valence-electron chi connectivity index (χ4n) is 4.48. The van der Waals surface area contributed by atoms with Gasteiger partial charge in [-0.15, -0.1) is 0 Å². The molecule has 1 saturated heterocycles. The average Bonchev–Trinajstić information content (AvgIpc) is 3.35. The fourth-order valence-corrected chi connectivity index (χ4v) is 4.48. The zero-order valence-electron chi connectivity index (χ0n) is 15.8. The van der Waals surface area contributed by atoms with E-state index >= 15 is 0 Å². The Kier molecular flexibility index (Phi) is 4.56. The van der Waals surface area contributed by atoms with Gasteiger partial charge in [0.15, 0.2) is 5.69 Å². The van der Waals surface area contributed by atoms with E-state index in [0.29, 0.717) is 18.9 Å². The number of carbonyl (C=O) groups excluding carboxylic acids is 1. The van der Waals surface area contributed by atoms with Crippen molar-refractivity contribution in [3.05, 3.63) is 59.0 Å². The Balaban J connectivity index is 1.33. The van der Waals surface area contributed by atoms with Gasteiger partial charge in [0.1, 0.15) is 0 Å². The predicted octanol–water partition coefficient (Wildman–Crippen LogP) is 2.82. The van der Waals surface area contributed by atoms with Gasteiger partial charge < -0.3 is 10.1 Å². The van der Waals surface area contributed by atoms with E-state index in [9.17, 15) is 4.79 Å². The Hall–Kier alpha value is -2.73. The van der Waals surface area contributed by atoms with Gasteiger partial charge in [0.05, 0.1) is 24.8 Å². The molecular weight excluding hydrogens is 352 g/mol. The summed E-state index contributed by atoms with van der Waals surface area (Å²) in [4.78, 5) is 17.3. The van der Waals surface area contributed by atoms with Crippen molar-refractivity contribution in [1.82, 2.24) is 20.5 Å². The summed E-state index contributed by atoms with van der Waals surface area (Å²) < 4.78 is 5.73. The van der Waals surface area contributed by atoms with Crippen LogP contribution in [-0.2, 0) is 24.0 Å². The molecule has 2 atom stereocenters. The normalized spacial score (nSPS) is 21.6. The molecule has 1 aliphatic carbocycles. The number of aromatic nitrogens is 3. The maximum absolute atomic E-state index is 12.9. The summed E-state index contributed by atoms with van der Waals surface area (Å²) in [5, 5.41) is 11.7. The van der Waals surface area contributed by atoms with Crippen LogP contribution in [0.5, 0.6) is 0 Å². The molecule has 1 aliphatic heterocycles. The number of pyridine rings is 1. The van der Waals surface area contributed by atoms with Crippen molar-refractivity contribution in [3.8, 4) is 0 Å². The number of carbonyl (C=O) groups is 1. The third-order valence-electron chi connectivity index (χ3n) is 6.01. The summed E-state index contributed by atoms with van der Waals surface area (Å²) in [5.74, 6) is 0.156. The molecule has 5 rings (SSSR count). The van der Waals surface area contributed by atoms with E-state index < -0.39 is 0 Å². The Morgan fingerprint density at radius 1 is 1.18 bits per heavy atom. The van der Waals surface area contributed by atoms with Crippen molar-refractivity contribution < 1.29 is 9.53 Å². The largest absolute Gasteiger partial charge is 0.379 e. The van der Waals surface area contributed by atoms with Crippen LogP contribution in [0.4, 0.5) is 0 Å². The Morgan fingerprint density at radius 2 is 2.07 bits per heavy atom. The lowest BCUT2D eigenvalue weighted by Crippen LogP contribution is -2.41. The van der Waals surface area contributed by atoms with E-state index in [-0.39, 0.29) is 17.9 Å². The van der Waals surface area contributed by atoms with Crippen molar-refractivity contribution in [3.63, 3.8) is 0 Å². The first-order valence-corrected chi connectivity index (χ1v) is 10.1. The topological polar surface area (TPSA) is 79.9 Å². The molecule has 1 fully saturated rings. The summed E-state index contributed by atoms with van der Waals surface area (Å²) in [5.41, 5.74) is 5.04. The molecule has 2 aromatic heterocycles. The fraction of sp³-hybridized carbons (Fsp3) is 0.409. The number of nitrogens with one attached hydrogen (secondary N) is 2. The van der Waals surface area contributed by atoms with Crippen LogP contribution in [0.2, 0.25) is 0 Å². The first-order chi connectivity index (χ1) is 13.8. The second kappa shape index (κ2) is 7.36. The quantitative estimate of drug-likeness (QED) is 0.734. The summed E-state index contributed by atoms with van der Waals surface area (Å²) >= 11 is 0. The minimum absolute atomic E-state index is 0.00429. The molecule has 0 spiro atoms. The zero-order chi connectivity index (χ0) is 18.9.